The summed E-state index contributed by atoms with van der Waals surface area (Å²) in [6.07, 6.45) is 2.45. The van der Waals surface area contributed by atoms with Crippen LogP contribution in [0.3, 0.4) is 0 Å². The number of nitrogens with one attached hydrogen (secondary N) is 1. The van der Waals surface area contributed by atoms with Crippen LogP contribution >= 0.6 is 11.6 Å². The van der Waals surface area contributed by atoms with E-state index in [-0.39, 0.29) is 12.0 Å². The van der Waals surface area contributed by atoms with Gasteiger partial charge < -0.3 is 16.0 Å². The summed E-state index contributed by atoms with van der Waals surface area (Å²) in [5, 5.41) is 3.47. The molecule has 2 amide bonds. The predicted octanol–water partition coefficient (Wildman–Crippen LogP) is 2.30. The van der Waals surface area contributed by atoms with Crippen LogP contribution in [0.25, 0.3) is 0 Å². The normalized spacial score (nSPS) is 13.7. The van der Waals surface area contributed by atoms with Crippen molar-refractivity contribution in [2.24, 2.45) is 0 Å². The zero-order valence-corrected chi connectivity index (χ0v) is 12.0. The number of urea groups is 1. The fraction of sp³-hybridized carbons (Fsp3) is 0.214. The van der Waals surface area contributed by atoms with E-state index in [1.165, 1.54) is 0 Å². The predicted molar refractivity (Wildman–Crippen MR) is 81.0 cm³/mol. The Labute approximate surface area is 126 Å². The highest BCUT2D eigenvalue weighted by atomic mass is 35.5. The Morgan fingerprint density at radius 3 is 2.86 bits per heavy atom. The number of nitrogen functional groups attached to an aromatic ring is 1. The first-order valence-electron chi connectivity index (χ1n) is 6.53. The monoisotopic (exact) mass is 303 g/mol. The number of hydrogen-bond acceptors (Lipinski definition) is 4. The van der Waals surface area contributed by atoms with Gasteiger partial charge >= 0.3 is 6.03 Å². The van der Waals surface area contributed by atoms with Crippen molar-refractivity contribution in [2.45, 2.75) is 13.0 Å². The second kappa shape index (κ2) is 5.57. The molecule has 1 aromatic heterocycles. The minimum Gasteiger partial charge on any atom is -0.368 e. The van der Waals surface area contributed by atoms with Crippen molar-refractivity contribution >= 4 is 29.3 Å². The van der Waals surface area contributed by atoms with Gasteiger partial charge in [-0.25, -0.2) is 14.8 Å². The van der Waals surface area contributed by atoms with Crippen molar-refractivity contribution in [1.29, 1.82) is 0 Å². The number of carbonyl (C=O) groups excluding carboxylic acids is 1. The molecule has 2 aromatic rings. The van der Waals surface area contributed by atoms with Gasteiger partial charge in [-0.15, -0.1) is 0 Å². The molecule has 108 valence electrons. The first kappa shape index (κ1) is 13.6. The number of benzene rings is 1. The maximum absolute atomic E-state index is 12.3. The largest absolute Gasteiger partial charge is 0.368 e. The van der Waals surface area contributed by atoms with Crippen molar-refractivity contribution in [3.8, 4) is 0 Å². The first-order valence-corrected chi connectivity index (χ1v) is 6.91. The molecule has 0 atom stereocenters. The summed E-state index contributed by atoms with van der Waals surface area (Å²) in [4.78, 5) is 22.1. The van der Waals surface area contributed by atoms with Gasteiger partial charge in [-0.3, -0.25) is 0 Å². The third-order valence-electron chi connectivity index (χ3n) is 3.35. The summed E-state index contributed by atoms with van der Waals surface area (Å²) in [6, 6.07) is 6.82. The van der Waals surface area contributed by atoms with Crippen LogP contribution in [0.1, 0.15) is 11.3 Å². The van der Waals surface area contributed by atoms with Gasteiger partial charge in [0, 0.05) is 23.5 Å². The van der Waals surface area contributed by atoms with Crippen molar-refractivity contribution in [1.82, 2.24) is 14.9 Å². The third-order valence-corrected chi connectivity index (χ3v) is 3.60. The molecule has 0 fully saturated rings. The number of anilines is 2. The van der Waals surface area contributed by atoms with Gasteiger partial charge in [0.2, 0.25) is 5.95 Å². The van der Waals surface area contributed by atoms with E-state index in [9.17, 15) is 4.79 Å². The topological polar surface area (TPSA) is 84.1 Å². The minimum atomic E-state index is -0.167. The lowest BCUT2D eigenvalue weighted by Gasteiger charge is -2.28. The summed E-state index contributed by atoms with van der Waals surface area (Å²) >= 11 is 5.82. The molecular weight excluding hydrogens is 290 g/mol. The Hall–Kier alpha value is -2.34. The number of halogens is 1. The van der Waals surface area contributed by atoms with E-state index in [1.807, 2.05) is 0 Å². The van der Waals surface area contributed by atoms with Crippen LogP contribution in [0.5, 0.6) is 0 Å². The van der Waals surface area contributed by atoms with Gasteiger partial charge in [0.25, 0.3) is 0 Å². The number of hydrogen-bond donors (Lipinski definition) is 2. The van der Waals surface area contributed by atoms with E-state index < -0.39 is 0 Å². The number of carbonyl (C=O) groups is 1. The minimum absolute atomic E-state index is 0.167. The van der Waals surface area contributed by atoms with Crippen LogP contribution in [0, 0.1) is 0 Å². The van der Waals surface area contributed by atoms with Crippen LogP contribution < -0.4 is 11.1 Å². The Morgan fingerprint density at radius 1 is 1.33 bits per heavy atom. The zero-order chi connectivity index (χ0) is 14.8. The van der Waals surface area contributed by atoms with Gasteiger partial charge in [0.1, 0.15) is 0 Å². The Balaban J connectivity index is 1.70. The SMILES string of the molecule is Nc1ncc2c(n1)CN(C(=O)Nc1ccc(Cl)cc1)CC2. The van der Waals surface area contributed by atoms with E-state index in [1.54, 1.807) is 35.4 Å². The Kier molecular flexibility index (Phi) is 3.62. The van der Waals surface area contributed by atoms with Crippen LogP contribution in [0.4, 0.5) is 16.4 Å². The summed E-state index contributed by atoms with van der Waals surface area (Å²) < 4.78 is 0. The van der Waals surface area contributed by atoms with Crippen LogP contribution in [-0.4, -0.2) is 27.4 Å². The summed E-state index contributed by atoms with van der Waals surface area (Å²) in [5.41, 5.74) is 8.14. The highest BCUT2D eigenvalue weighted by Crippen LogP contribution is 2.19. The number of fused-ring (bicyclic) bond motifs is 1. The lowest BCUT2D eigenvalue weighted by Crippen LogP contribution is -2.39. The fourth-order valence-electron chi connectivity index (χ4n) is 2.23. The lowest BCUT2D eigenvalue weighted by atomic mass is 10.1. The van der Waals surface area contributed by atoms with Crippen molar-refractivity contribution in [3.05, 3.63) is 46.7 Å². The average Bonchev–Trinajstić information content (AvgIpc) is 2.48. The highest BCUT2D eigenvalue weighted by Gasteiger charge is 2.22. The van der Waals surface area contributed by atoms with Gasteiger partial charge in [0.15, 0.2) is 0 Å². The van der Waals surface area contributed by atoms with Gasteiger partial charge in [-0.2, -0.15) is 0 Å². The molecule has 0 saturated heterocycles. The molecule has 1 aliphatic rings. The smallest absolute Gasteiger partial charge is 0.322 e. The van der Waals surface area contributed by atoms with Crippen LogP contribution in [-0.2, 0) is 13.0 Å². The average molecular weight is 304 g/mol. The molecule has 0 spiro atoms. The molecule has 2 heterocycles. The lowest BCUT2D eigenvalue weighted by molar-refractivity contribution is 0.205. The van der Waals surface area contributed by atoms with E-state index in [0.29, 0.717) is 23.8 Å². The molecule has 0 bridgehead atoms. The number of nitrogens with zero attached hydrogens (tertiary/aromatic N) is 3. The summed E-state index contributed by atoms with van der Waals surface area (Å²) in [5.74, 6) is 0.230. The maximum atomic E-state index is 12.3. The number of aromatic nitrogens is 2. The Bertz CT molecular complexity index is 674. The standard InChI is InChI=1S/C14H14ClN5O/c15-10-1-3-11(4-2-10)18-14(21)20-6-5-9-7-17-13(16)19-12(9)8-20/h1-4,7H,5-6,8H2,(H,18,21)(H2,16,17,19). The molecule has 3 N–H and O–H groups in total. The van der Waals surface area contributed by atoms with Gasteiger partial charge in [0.05, 0.1) is 12.2 Å². The number of amides is 2. The highest BCUT2D eigenvalue weighted by molar-refractivity contribution is 6.30. The molecule has 7 heteroatoms. The fourth-order valence-corrected chi connectivity index (χ4v) is 2.35. The van der Waals surface area contributed by atoms with E-state index in [2.05, 4.69) is 15.3 Å². The summed E-state index contributed by atoms with van der Waals surface area (Å²) in [7, 11) is 0. The molecule has 0 radical (unpaired) electrons. The summed E-state index contributed by atoms with van der Waals surface area (Å²) in [6.45, 7) is 1.06. The number of rotatable bonds is 1. The molecule has 6 nitrogen and oxygen atoms in total. The first-order chi connectivity index (χ1) is 10.1. The molecule has 21 heavy (non-hydrogen) atoms. The molecule has 0 unspecified atom stereocenters. The molecule has 0 aliphatic carbocycles. The zero-order valence-electron chi connectivity index (χ0n) is 11.2. The third kappa shape index (κ3) is 3.05. The molecule has 3 rings (SSSR count). The van der Waals surface area contributed by atoms with Crippen molar-refractivity contribution in [3.63, 3.8) is 0 Å². The number of nitrogens with two attached hydrogens (primary N) is 1. The Morgan fingerprint density at radius 2 is 2.10 bits per heavy atom. The second-order valence-electron chi connectivity index (χ2n) is 4.81. The van der Waals surface area contributed by atoms with Gasteiger partial charge in [-0.05, 0) is 36.2 Å². The molecular formula is C14H14ClN5O. The van der Waals surface area contributed by atoms with Crippen molar-refractivity contribution in [2.75, 3.05) is 17.6 Å². The molecule has 1 aliphatic heterocycles. The second-order valence-corrected chi connectivity index (χ2v) is 5.25. The molecule has 1 aromatic carbocycles. The van der Waals surface area contributed by atoms with E-state index >= 15 is 0 Å². The van der Waals surface area contributed by atoms with Crippen LogP contribution in [0.2, 0.25) is 5.02 Å². The van der Waals surface area contributed by atoms with E-state index in [0.717, 1.165) is 17.7 Å². The maximum Gasteiger partial charge on any atom is 0.322 e. The molecule has 0 saturated carbocycles. The van der Waals surface area contributed by atoms with E-state index in [4.69, 9.17) is 17.3 Å². The van der Waals surface area contributed by atoms with Crippen molar-refractivity contribution < 1.29 is 4.79 Å². The van der Waals surface area contributed by atoms with Crippen LogP contribution in [0.15, 0.2) is 30.5 Å². The quantitative estimate of drug-likeness (QED) is 0.846. The van der Waals surface area contributed by atoms with Gasteiger partial charge in [-0.1, -0.05) is 11.6 Å².